The minimum absolute atomic E-state index is 0.110. The largest absolute Gasteiger partial charge is 0.393 e. The SMILES string of the molecule is C=C[C@@H](C[C@@H](O)CCC)OCOC. The first-order chi connectivity index (χ1) is 6.24. The first-order valence-corrected chi connectivity index (χ1v) is 4.65. The summed E-state index contributed by atoms with van der Waals surface area (Å²) in [5, 5.41) is 9.48. The van der Waals surface area contributed by atoms with Crippen molar-refractivity contribution in [2.24, 2.45) is 0 Å². The van der Waals surface area contributed by atoms with Crippen molar-refractivity contribution < 1.29 is 14.6 Å². The fourth-order valence-electron chi connectivity index (χ4n) is 1.11. The monoisotopic (exact) mass is 188 g/mol. The van der Waals surface area contributed by atoms with Crippen LogP contribution in [0.1, 0.15) is 26.2 Å². The maximum absolute atomic E-state index is 9.48. The van der Waals surface area contributed by atoms with Gasteiger partial charge in [0.25, 0.3) is 0 Å². The van der Waals surface area contributed by atoms with E-state index in [1.165, 1.54) is 0 Å². The highest BCUT2D eigenvalue weighted by molar-refractivity contribution is 4.81. The average Bonchev–Trinajstić information content (AvgIpc) is 2.12. The number of rotatable bonds is 8. The Hall–Kier alpha value is -0.380. The lowest BCUT2D eigenvalue weighted by Crippen LogP contribution is -2.19. The van der Waals surface area contributed by atoms with E-state index in [1.54, 1.807) is 13.2 Å². The Balaban J connectivity index is 3.62. The molecule has 0 aromatic heterocycles. The molecule has 3 heteroatoms. The first-order valence-electron chi connectivity index (χ1n) is 4.65. The lowest BCUT2D eigenvalue weighted by atomic mass is 10.1. The van der Waals surface area contributed by atoms with E-state index in [0.29, 0.717) is 6.42 Å². The molecule has 0 bridgehead atoms. The molecule has 3 nitrogen and oxygen atoms in total. The molecule has 1 N–H and O–H groups in total. The number of ether oxygens (including phenoxy) is 2. The summed E-state index contributed by atoms with van der Waals surface area (Å²) < 4.78 is 10.0. The second kappa shape index (κ2) is 8.23. The van der Waals surface area contributed by atoms with Crippen molar-refractivity contribution in [1.82, 2.24) is 0 Å². The highest BCUT2D eigenvalue weighted by Gasteiger charge is 2.10. The summed E-state index contributed by atoms with van der Waals surface area (Å²) in [6.45, 7) is 5.92. The second-order valence-corrected chi connectivity index (χ2v) is 3.03. The Bertz CT molecular complexity index is 125. The molecule has 0 aromatic rings. The third-order valence-electron chi connectivity index (χ3n) is 1.79. The molecule has 0 aliphatic rings. The zero-order valence-corrected chi connectivity index (χ0v) is 8.53. The van der Waals surface area contributed by atoms with Gasteiger partial charge in [0, 0.05) is 13.5 Å². The Kier molecular flexibility index (Phi) is 7.99. The van der Waals surface area contributed by atoms with Crippen LogP contribution in [0.2, 0.25) is 0 Å². The zero-order valence-electron chi connectivity index (χ0n) is 8.53. The molecule has 0 aliphatic heterocycles. The van der Waals surface area contributed by atoms with Crippen molar-refractivity contribution >= 4 is 0 Å². The molecule has 0 amide bonds. The van der Waals surface area contributed by atoms with Crippen LogP contribution < -0.4 is 0 Å². The van der Waals surface area contributed by atoms with E-state index in [0.717, 1.165) is 12.8 Å². The summed E-state index contributed by atoms with van der Waals surface area (Å²) in [6, 6.07) is 0. The van der Waals surface area contributed by atoms with Crippen molar-refractivity contribution in [2.75, 3.05) is 13.9 Å². The molecule has 0 rings (SSSR count). The fraction of sp³-hybridized carbons (Fsp3) is 0.800. The van der Waals surface area contributed by atoms with Crippen molar-refractivity contribution in [2.45, 2.75) is 38.4 Å². The average molecular weight is 188 g/mol. The quantitative estimate of drug-likeness (QED) is 0.465. The molecule has 0 radical (unpaired) electrons. The molecule has 0 spiro atoms. The van der Waals surface area contributed by atoms with Crippen LogP contribution in [-0.4, -0.2) is 31.2 Å². The van der Waals surface area contributed by atoms with Crippen LogP contribution in [0.3, 0.4) is 0 Å². The van der Waals surface area contributed by atoms with Crippen LogP contribution in [0.4, 0.5) is 0 Å². The lowest BCUT2D eigenvalue weighted by Gasteiger charge is -2.16. The highest BCUT2D eigenvalue weighted by Crippen LogP contribution is 2.08. The van der Waals surface area contributed by atoms with E-state index < -0.39 is 0 Å². The Labute approximate surface area is 80.4 Å². The topological polar surface area (TPSA) is 38.7 Å². The van der Waals surface area contributed by atoms with Crippen molar-refractivity contribution in [3.8, 4) is 0 Å². The summed E-state index contributed by atoms with van der Waals surface area (Å²) >= 11 is 0. The van der Waals surface area contributed by atoms with Gasteiger partial charge in [-0.2, -0.15) is 0 Å². The number of methoxy groups -OCH3 is 1. The number of aliphatic hydroxyl groups is 1. The van der Waals surface area contributed by atoms with E-state index in [9.17, 15) is 5.11 Å². The fourth-order valence-corrected chi connectivity index (χ4v) is 1.11. The van der Waals surface area contributed by atoms with Gasteiger partial charge in [0.05, 0.1) is 12.2 Å². The van der Waals surface area contributed by atoms with Gasteiger partial charge in [-0.1, -0.05) is 19.4 Å². The van der Waals surface area contributed by atoms with Gasteiger partial charge in [0.1, 0.15) is 6.79 Å². The molecule has 0 aliphatic carbocycles. The van der Waals surface area contributed by atoms with E-state index >= 15 is 0 Å². The second-order valence-electron chi connectivity index (χ2n) is 3.03. The summed E-state index contributed by atoms with van der Waals surface area (Å²) in [6.07, 6.45) is 3.67. The molecule has 0 saturated heterocycles. The standard InChI is InChI=1S/C10H20O3/c1-4-6-9(11)7-10(5-2)13-8-12-3/h5,9-11H,2,4,6-8H2,1,3H3/t9-,10-/m0/s1. The van der Waals surface area contributed by atoms with Crippen molar-refractivity contribution in [3.63, 3.8) is 0 Å². The molecule has 0 fully saturated rings. The van der Waals surface area contributed by atoms with Gasteiger partial charge in [-0.25, -0.2) is 0 Å². The zero-order chi connectivity index (χ0) is 10.1. The van der Waals surface area contributed by atoms with Crippen molar-refractivity contribution in [1.29, 1.82) is 0 Å². The number of hydrogen-bond acceptors (Lipinski definition) is 3. The molecule has 0 heterocycles. The van der Waals surface area contributed by atoms with Crippen molar-refractivity contribution in [3.05, 3.63) is 12.7 Å². The predicted molar refractivity (Wildman–Crippen MR) is 52.5 cm³/mol. The summed E-state index contributed by atoms with van der Waals surface area (Å²) in [5.74, 6) is 0. The Morgan fingerprint density at radius 1 is 1.54 bits per heavy atom. The van der Waals surface area contributed by atoms with Crippen LogP contribution >= 0.6 is 0 Å². The molecule has 78 valence electrons. The lowest BCUT2D eigenvalue weighted by molar-refractivity contribution is -0.0676. The minimum atomic E-state index is -0.301. The smallest absolute Gasteiger partial charge is 0.147 e. The third-order valence-corrected chi connectivity index (χ3v) is 1.79. The summed E-state index contributed by atoms with van der Waals surface area (Å²) in [5.41, 5.74) is 0. The maximum atomic E-state index is 9.48. The Morgan fingerprint density at radius 3 is 2.69 bits per heavy atom. The molecule has 13 heavy (non-hydrogen) atoms. The van der Waals surface area contributed by atoms with E-state index in [-0.39, 0.29) is 19.0 Å². The first kappa shape index (κ1) is 12.6. The molecule has 2 atom stereocenters. The molecule has 0 saturated carbocycles. The van der Waals surface area contributed by atoms with Gasteiger partial charge in [-0.3, -0.25) is 0 Å². The maximum Gasteiger partial charge on any atom is 0.147 e. The van der Waals surface area contributed by atoms with E-state index in [2.05, 4.69) is 6.58 Å². The molecule has 0 unspecified atom stereocenters. The summed E-state index contributed by atoms with van der Waals surface area (Å²) in [7, 11) is 1.57. The number of hydrogen-bond donors (Lipinski definition) is 1. The van der Waals surface area contributed by atoms with Crippen LogP contribution in [-0.2, 0) is 9.47 Å². The van der Waals surface area contributed by atoms with Crippen LogP contribution in [0, 0.1) is 0 Å². The van der Waals surface area contributed by atoms with Gasteiger partial charge in [0.2, 0.25) is 0 Å². The van der Waals surface area contributed by atoms with Gasteiger partial charge < -0.3 is 14.6 Å². The van der Waals surface area contributed by atoms with E-state index in [4.69, 9.17) is 9.47 Å². The predicted octanol–water partition coefficient (Wildman–Crippen LogP) is 1.71. The van der Waals surface area contributed by atoms with Crippen LogP contribution in [0.15, 0.2) is 12.7 Å². The highest BCUT2D eigenvalue weighted by atomic mass is 16.7. The van der Waals surface area contributed by atoms with Gasteiger partial charge in [0.15, 0.2) is 0 Å². The van der Waals surface area contributed by atoms with Gasteiger partial charge >= 0.3 is 0 Å². The number of aliphatic hydroxyl groups excluding tert-OH is 1. The molecular formula is C10H20O3. The van der Waals surface area contributed by atoms with Crippen LogP contribution in [0.25, 0.3) is 0 Å². The minimum Gasteiger partial charge on any atom is -0.393 e. The van der Waals surface area contributed by atoms with Crippen LogP contribution in [0.5, 0.6) is 0 Å². The normalized spacial score (nSPS) is 15.3. The molecule has 0 aromatic carbocycles. The summed E-state index contributed by atoms with van der Waals surface area (Å²) in [4.78, 5) is 0. The van der Waals surface area contributed by atoms with E-state index in [1.807, 2.05) is 6.92 Å². The van der Waals surface area contributed by atoms with Gasteiger partial charge in [-0.05, 0) is 6.42 Å². The third kappa shape index (κ3) is 6.75. The van der Waals surface area contributed by atoms with Gasteiger partial charge in [-0.15, -0.1) is 6.58 Å². The Morgan fingerprint density at radius 2 is 2.23 bits per heavy atom. The molecular weight excluding hydrogens is 168 g/mol.